The van der Waals surface area contributed by atoms with Gasteiger partial charge in [0.1, 0.15) is 0 Å². The molecule has 0 aromatic heterocycles. The number of hydrogen-bond acceptors (Lipinski definition) is 5. The number of benzene rings is 2. The monoisotopic (exact) mass is 460 g/mol. The number of hydrogen-bond donors (Lipinski definition) is 1. The molecule has 0 atom stereocenters. The summed E-state index contributed by atoms with van der Waals surface area (Å²) in [5.41, 5.74) is -0.972. The van der Waals surface area contributed by atoms with Gasteiger partial charge < -0.3 is 9.64 Å². The van der Waals surface area contributed by atoms with Gasteiger partial charge in [0.15, 0.2) is 0 Å². The second-order valence-electron chi connectivity index (χ2n) is 6.45. The third-order valence-electron chi connectivity index (χ3n) is 4.45. The second kappa shape index (κ2) is 8.86. The molecule has 30 heavy (non-hydrogen) atoms. The summed E-state index contributed by atoms with van der Waals surface area (Å²) in [5.74, 6) is -0.321. The number of thioether (sulfide) groups is 1. The summed E-state index contributed by atoms with van der Waals surface area (Å²) in [4.78, 5) is 14.9. The van der Waals surface area contributed by atoms with Gasteiger partial charge in [-0.25, -0.2) is 8.42 Å². The number of alkyl halides is 3. The van der Waals surface area contributed by atoms with Gasteiger partial charge >= 0.3 is 6.18 Å². The summed E-state index contributed by atoms with van der Waals surface area (Å²) in [6.45, 7) is 1.59. The topological polar surface area (TPSA) is 75.7 Å². The van der Waals surface area contributed by atoms with E-state index in [1.807, 2.05) is 0 Å². The first kappa shape index (κ1) is 22.4. The summed E-state index contributed by atoms with van der Waals surface area (Å²) in [7, 11) is -4.21. The van der Waals surface area contributed by atoms with E-state index in [0.717, 1.165) is 12.1 Å². The largest absolute Gasteiger partial charge is 0.416 e. The van der Waals surface area contributed by atoms with Crippen LogP contribution in [0.15, 0.2) is 52.3 Å². The molecule has 0 saturated carbocycles. The molecule has 2 aromatic carbocycles. The van der Waals surface area contributed by atoms with E-state index in [-0.39, 0.29) is 22.1 Å². The highest BCUT2D eigenvalue weighted by molar-refractivity contribution is 7.98. The Hall–Kier alpha value is -2.24. The van der Waals surface area contributed by atoms with Gasteiger partial charge in [0.2, 0.25) is 0 Å². The molecule has 1 aliphatic rings. The van der Waals surface area contributed by atoms with Crippen LogP contribution in [-0.4, -0.2) is 51.8 Å². The summed E-state index contributed by atoms with van der Waals surface area (Å²) in [6, 6.07) is 7.99. The van der Waals surface area contributed by atoms with Crippen LogP contribution in [0.1, 0.15) is 15.9 Å². The van der Waals surface area contributed by atoms with Crippen molar-refractivity contribution in [3.05, 3.63) is 53.6 Å². The van der Waals surface area contributed by atoms with Crippen molar-refractivity contribution in [1.29, 1.82) is 0 Å². The summed E-state index contributed by atoms with van der Waals surface area (Å²) < 4.78 is 71.6. The summed E-state index contributed by atoms with van der Waals surface area (Å²) >= 11 is 1.30. The molecule has 1 aliphatic heterocycles. The zero-order valence-corrected chi connectivity index (χ0v) is 17.5. The van der Waals surface area contributed by atoms with Crippen LogP contribution in [0.4, 0.5) is 18.9 Å². The Kier molecular flexibility index (Phi) is 6.63. The molecule has 0 unspecified atom stereocenters. The molecule has 1 amide bonds. The zero-order valence-electron chi connectivity index (χ0n) is 15.9. The highest BCUT2D eigenvalue weighted by Gasteiger charge is 2.31. The number of morpholine rings is 1. The lowest BCUT2D eigenvalue weighted by molar-refractivity contribution is -0.137. The van der Waals surface area contributed by atoms with Gasteiger partial charge in [0.05, 0.1) is 29.2 Å². The smallest absolute Gasteiger partial charge is 0.378 e. The Morgan fingerprint density at radius 3 is 2.47 bits per heavy atom. The van der Waals surface area contributed by atoms with Gasteiger partial charge in [-0.3, -0.25) is 9.52 Å². The molecule has 11 heteroatoms. The maximum atomic E-state index is 12.9. The molecular formula is C19H19F3N2O4S2. The SMILES string of the molecule is CSc1ccc(S(=O)(=O)Nc2cccc(C(F)(F)F)c2)cc1C(=O)N1CCOCC1. The van der Waals surface area contributed by atoms with Crippen LogP contribution in [0.5, 0.6) is 0 Å². The molecule has 3 rings (SSSR count). The van der Waals surface area contributed by atoms with Crippen molar-refractivity contribution in [3.63, 3.8) is 0 Å². The fourth-order valence-corrected chi connectivity index (χ4v) is 4.58. The molecule has 0 bridgehead atoms. The van der Waals surface area contributed by atoms with E-state index in [9.17, 15) is 26.4 Å². The Labute approximate surface area is 176 Å². The average Bonchev–Trinajstić information content (AvgIpc) is 2.72. The van der Waals surface area contributed by atoms with Gasteiger partial charge in [-0.1, -0.05) is 6.07 Å². The molecule has 2 aromatic rings. The van der Waals surface area contributed by atoms with Gasteiger partial charge in [0, 0.05) is 23.7 Å². The van der Waals surface area contributed by atoms with Gasteiger partial charge in [-0.05, 0) is 42.7 Å². The molecule has 1 heterocycles. The third kappa shape index (κ3) is 5.08. The zero-order chi connectivity index (χ0) is 21.9. The minimum Gasteiger partial charge on any atom is -0.378 e. The standard InChI is InChI=1S/C19H19F3N2O4S2/c1-29-17-6-5-15(12-16(17)18(25)24-7-9-28-10-8-24)30(26,27)23-14-4-2-3-13(11-14)19(20,21)22/h2-6,11-12,23H,7-10H2,1H3. The maximum Gasteiger partial charge on any atom is 0.416 e. The van der Waals surface area contributed by atoms with Crippen molar-refractivity contribution in [2.75, 3.05) is 37.3 Å². The lowest BCUT2D eigenvalue weighted by Gasteiger charge is -2.27. The van der Waals surface area contributed by atoms with E-state index >= 15 is 0 Å². The van der Waals surface area contributed by atoms with Crippen LogP contribution in [0, 0.1) is 0 Å². The van der Waals surface area contributed by atoms with E-state index in [2.05, 4.69) is 4.72 Å². The lowest BCUT2D eigenvalue weighted by atomic mass is 10.2. The Morgan fingerprint density at radius 1 is 1.13 bits per heavy atom. The van der Waals surface area contributed by atoms with E-state index in [1.165, 1.54) is 36.0 Å². The number of ether oxygens (including phenoxy) is 1. The summed E-state index contributed by atoms with van der Waals surface area (Å²) in [5, 5.41) is 0. The van der Waals surface area contributed by atoms with Gasteiger partial charge in [0.25, 0.3) is 15.9 Å². The van der Waals surface area contributed by atoms with Crippen LogP contribution in [0.3, 0.4) is 0 Å². The van der Waals surface area contributed by atoms with E-state index in [0.29, 0.717) is 37.3 Å². The van der Waals surface area contributed by atoms with Crippen molar-refractivity contribution in [1.82, 2.24) is 4.90 Å². The quantitative estimate of drug-likeness (QED) is 0.689. The first-order valence-corrected chi connectivity index (χ1v) is 11.6. The minimum atomic E-state index is -4.60. The number of halogens is 3. The number of anilines is 1. The van der Waals surface area contributed by atoms with Crippen LogP contribution in [0.2, 0.25) is 0 Å². The van der Waals surface area contributed by atoms with E-state index in [4.69, 9.17) is 4.74 Å². The average molecular weight is 460 g/mol. The number of carbonyl (C=O) groups excluding carboxylic acids is 1. The van der Waals surface area contributed by atoms with Crippen molar-refractivity contribution in [3.8, 4) is 0 Å². The number of carbonyl (C=O) groups is 1. The molecule has 0 radical (unpaired) electrons. The third-order valence-corrected chi connectivity index (χ3v) is 6.63. The van der Waals surface area contributed by atoms with Crippen molar-refractivity contribution in [2.24, 2.45) is 0 Å². The van der Waals surface area contributed by atoms with Gasteiger partial charge in [-0.2, -0.15) is 13.2 Å². The van der Waals surface area contributed by atoms with Crippen molar-refractivity contribution in [2.45, 2.75) is 16.0 Å². The Morgan fingerprint density at radius 2 is 1.83 bits per heavy atom. The molecule has 0 aliphatic carbocycles. The first-order chi connectivity index (χ1) is 14.1. The fraction of sp³-hybridized carbons (Fsp3) is 0.316. The van der Waals surface area contributed by atoms with Crippen LogP contribution < -0.4 is 4.72 Å². The Balaban J connectivity index is 1.92. The Bertz CT molecular complexity index is 1040. The molecule has 6 nitrogen and oxygen atoms in total. The molecule has 0 spiro atoms. The number of rotatable bonds is 5. The predicted molar refractivity (Wildman–Crippen MR) is 107 cm³/mol. The summed E-state index contributed by atoms with van der Waals surface area (Å²) in [6.07, 6.45) is -2.83. The minimum absolute atomic E-state index is 0.214. The molecular weight excluding hydrogens is 441 g/mol. The number of sulfonamides is 1. The molecule has 1 fully saturated rings. The number of nitrogens with one attached hydrogen (secondary N) is 1. The molecule has 162 valence electrons. The normalized spacial score (nSPS) is 15.1. The molecule has 1 N–H and O–H groups in total. The fourth-order valence-electron chi connectivity index (χ4n) is 2.93. The van der Waals surface area contributed by atoms with E-state index < -0.39 is 21.8 Å². The number of nitrogens with zero attached hydrogens (tertiary/aromatic N) is 1. The first-order valence-electron chi connectivity index (χ1n) is 8.87. The van der Waals surface area contributed by atoms with Crippen molar-refractivity contribution >= 4 is 33.4 Å². The molecule has 1 saturated heterocycles. The second-order valence-corrected chi connectivity index (χ2v) is 8.98. The highest BCUT2D eigenvalue weighted by Crippen LogP contribution is 2.32. The lowest BCUT2D eigenvalue weighted by Crippen LogP contribution is -2.40. The van der Waals surface area contributed by atoms with Gasteiger partial charge in [-0.15, -0.1) is 11.8 Å². The van der Waals surface area contributed by atoms with Crippen LogP contribution >= 0.6 is 11.8 Å². The van der Waals surface area contributed by atoms with Crippen molar-refractivity contribution < 1.29 is 31.1 Å². The van der Waals surface area contributed by atoms with Crippen LogP contribution in [-0.2, 0) is 20.9 Å². The predicted octanol–water partition coefficient (Wildman–Crippen LogP) is 3.70. The number of amides is 1. The van der Waals surface area contributed by atoms with Crippen LogP contribution in [0.25, 0.3) is 0 Å². The van der Waals surface area contributed by atoms with E-state index in [1.54, 1.807) is 11.2 Å². The maximum absolute atomic E-state index is 12.9. The highest BCUT2D eigenvalue weighted by atomic mass is 32.2.